The Labute approximate surface area is 80.1 Å². The van der Waals surface area contributed by atoms with E-state index >= 15 is 0 Å². The first-order chi connectivity index (χ1) is 4.95. The molecule has 1 heteroatoms. The van der Waals surface area contributed by atoms with Crippen LogP contribution in [0.15, 0.2) is 12.1 Å². The monoisotopic (exact) mass is 322 g/mol. The molecule has 0 bridgehead atoms. The van der Waals surface area contributed by atoms with Gasteiger partial charge in [0.05, 0.1) is 0 Å². The van der Waals surface area contributed by atoms with Gasteiger partial charge in [-0.3, -0.25) is 0 Å². The molecule has 58 valence electrons. The molecule has 0 saturated heterocycles. The van der Waals surface area contributed by atoms with Crippen molar-refractivity contribution in [3.8, 4) is 0 Å². The van der Waals surface area contributed by atoms with Crippen LogP contribution in [0.5, 0.6) is 0 Å². The standard InChI is InChI=1S/C10H10.Os/c1-2-8-4-6-10(8)9-5-3-7(1)9;/h1-2H,3-6H2;. The number of benzene rings is 1. The summed E-state index contributed by atoms with van der Waals surface area (Å²) >= 11 is 0. The summed E-state index contributed by atoms with van der Waals surface area (Å²) in [5, 5.41) is 0. The van der Waals surface area contributed by atoms with E-state index in [4.69, 9.17) is 0 Å². The molecule has 0 nitrogen and oxygen atoms in total. The Bertz CT molecular complexity index is 271. The minimum Gasteiger partial charge on any atom is -0.0585 e. The van der Waals surface area contributed by atoms with Crippen LogP contribution < -0.4 is 0 Å². The molecule has 0 aliphatic heterocycles. The van der Waals surface area contributed by atoms with Crippen molar-refractivity contribution in [2.75, 3.05) is 0 Å². The van der Waals surface area contributed by atoms with E-state index in [1.165, 1.54) is 25.7 Å². The van der Waals surface area contributed by atoms with E-state index in [2.05, 4.69) is 12.1 Å². The topological polar surface area (TPSA) is 0 Å². The van der Waals surface area contributed by atoms with Gasteiger partial charge in [-0.05, 0) is 47.9 Å². The quantitative estimate of drug-likeness (QED) is 0.685. The molecule has 0 spiro atoms. The third-order valence-corrected chi connectivity index (χ3v) is 2.91. The Hall–Kier alpha value is -0.144. The van der Waals surface area contributed by atoms with Crippen molar-refractivity contribution in [3.63, 3.8) is 0 Å². The predicted molar refractivity (Wildman–Crippen MR) is 41.3 cm³/mol. The summed E-state index contributed by atoms with van der Waals surface area (Å²) in [5.41, 5.74) is 6.64. The predicted octanol–water partition coefficient (Wildman–Crippen LogP) is 1.88. The van der Waals surface area contributed by atoms with Crippen molar-refractivity contribution < 1.29 is 19.8 Å². The Kier molecular flexibility index (Phi) is 1.65. The molecule has 0 amide bonds. The van der Waals surface area contributed by atoms with E-state index < -0.39 is 0 Å². The Morgan fingerprint density at radius 2 is 1.18 bits per heavy atom. The van der Waals surface area contributed by atoms with Gasteiger partial charge in [-0.25, -0.2) is 0 Å². The van der Waals surface area contributed by atoms with Crippen LogP contribution in [0.25, 0.3) is 0 Å². The Balaban J connectivity index is 0.000000480. The summed E-state index contributed by atoms with van der Waals surface area (Å²) < 4.78 is 0. The fraction of sp³-hybridized carbons (Fsp3) is 0.400. The summed E-state index contributed by atoms with van der Waals surface area (Å²) in [6.07, 6.45) is 5.39. The van der Waals surface area contributed by atoms with Gasteiger partial charge in [0.2, 0.25) is 0 Å². The van der Waals surface area contributed by atoms with Gasteiger partial charge in [-0.1, -0.05) is 12.1 Å². The number of aryl methyl sites for hydroxylation is 2. The normalized spacial score (nSPS) is 16.7. The fourth-order valence-electron chi connectivity index (χ4n) is 2.05. The zero-order valence-electron chi connectivity index (χ0n) is 6.34. The van der Waals surface area contributed by atoms with Gasteiger partial charge in [0, 0.05) is 19.8 Å². The maximum absolute atomic E-state index is 2.32. The molecule has 11 heavy (non-hydrogen) atoms. The van der Waals surface area contributed by atoms with E-state index in [1.54, 1.807) is 22.3 Å². The molecular formula is C10H10Os. The first-order valence-electron chi connectivity index (χ1n) is 4.07. The SMILES string of the molecule is [Os].c1cc2c(c3c1CC3)CC2. The summed E-state index contributed by atoms with van der Waals surface area (Å²) in [7, 11) is 0. The van der Waals surface area contributed by atoms with Crippen LogP contribution in [0.2, 0.25) is 0 Å². The minimum absolute atomic E-state index is 0. The van der Waals surface area contributed by atoms with Crippen molar-refractivity contribution in [3.05, 3.63) is 34.4 Å². The van der Waals surface area contributed by atoms with Crippen LogP contribution in [0, 0.1) is 0 Å². The van der Waals surface area contributed by atoms with Gasteiger partial charge in [0.25, 0.3) is 0 Å². The molecule has 1 aromatic carbocycles. The van der Waals surface area contributed by atoms with Gasteiger partial charge in [-0.15, -0.1) is 0 Å². The third kappa shape index (κ3) is 0.843. The molecule has 1 aromatic rings. The number of rotatable bonds is 0. The summed E-state index contributed by atoms with van der Waals surface area (Å²) in [6, 6.07) is 4.63. The maximum Gasteiger partial charge on any atom is 0 e. The average molecular weight is 320 g/mol. The van der Waals surface area contributed by atoms with E-state index in [1.807, 2.05) is 0 Å². The van der Waals surface area contributed by atoms with Crippen LogP contribution in [0.1, 0.15) is 22.3 Å². The van der Waals surface area contributed by atoms with Crippen molar-refractivity contribution >= 4 is 0 Å². The van der Waals surface area contributed by atoms with E-state index in [0.29, 0.717) is 0 Å². The fourth-order valence-corrected chi connectivity index (χ4v) is 2.05. The molecule has 2 aliphatic rings. The van der Waals surface area contributed by atoms with Crippen LogP contribution >= 0.6 is 0 Å². The second-order valence-corrected chi connectivity index (χ2v) is 3.34. The molecule has 0 saturated carbocycles. The van der Waals surface area contributed by atoms with E-state index in [-0.39, 0.29) is 19.8 Å². The van der Waals surface area contributed by atoms with E-state index in [0.717, 1.165) is 0 Å². The Morgan fingerprint density at radius 3 is 1.45 bits per heavy atom. The first kappa shape index (κ1) is 7.50. The van der Waals surface area contributed by atoms with Crippen LogP contribution in [0.4, 0.5) is 0 Å². The maximum atomic E-state index is 2.32. The van der Waals surface area contributed by atoms with Gasteiger partial charge >= 0.3 is 0 Å². The van der Waals surface area contributed by atoms with Gasteiger partial charge in [0.1, 0.15) is 0 Å². The summed E-state index contributed by atoms with van der Waals surface area (Å²) in [6.45, 7) is 0. The minimum atomic E-state index is 0. The Morgan fingerprint density at radius 1 is 0.727 bits per heavy atom. The first-order valence-corrected chi connectivity index (χ1v) is 4.07. The zero-order valence-corrected chi connectivity index (χ0v) is 8.88. The molecule has 0 N–H and O–H groups in total. The largest absolute Gasteiger partial charge is 0.0585 e. The van der Waals surface area contributed by atoms with Crippen molar-refractivity contribution in [1.82, 2.24) is 0 Å². The number of hydrogen-bond donors (Lipinski definition) is 0. The molecule has 0 atom stereocenters. The van der Waals surface area contributed by atoms with E-state index in [9.17, 15) is 0 Å². The zero-order chi connectivity index (χ0) is 6.55. The molecule has 0 heterocycles. The van der Waals surface area contributed by atoms with Gasteiger partial charge < -0.3 is 0 Å². The molecule has 0 unspecified atom stereocenters. The molecule has 3 rings (SSSR count). The van der Waals surface area contributed by atoms with Crippen molar-refractivity contribution in [1.29, 1.82) is 0 Å². The molecule has 0 aromatic heterocycles. The second kappa shape index (κ2) is 2.42. The van der Waals surface area contributed by atoms with Gasteiger partial charge in [0.15, 0.2) is 0 Å². The number of fused-ring (bicyclic) bond motifs is 3. The van der Waals surface area contributed by atoms with Gasteiger partial charge in [-0.2, -0.15) is 0 Å². The average Bonchev–Trinajstić information content (AvgIpc) is 1.84. The third-order valence-electron chi connectivity index (χ3n) is 2.91. The van der Waals surface area contributed by atoms with Crippen LogP contribution in [0.3, 0.4) is 0 Å². The number of hydrogen-bond acceptors (Lipinski definition) is 0. The van der Waals surface area contributed by atoms with Crippen LogP contribution in [-0.4, -0.2) is 0 Å². The molecule has 0 fully saturated rings. The molecule has 2 aliphatic carbocycles. The molecule has 0 radical (unpaired) electrons. The van der Waals surface area contributed by atoms with Crippen LogP contribution in [-0.2, 0) is 45.5 Å². The van der Waals surface area contributed by atoms with Crippen molar-refractivity contribution in [2.45, 2.75) is 25.7 Å². The smallest absolute Gasteiger partial charge is 0 e. The van der Waals surface area contributed by atoms with Crippen molar-refractivity contribution in [2.24, 2.45) is 0 Å². The summed E-state index contributed by atoms with van der Waals surface area (Å²) in [4.78, 5) is 0. The molecular weight excluding hydrogens is 310 g/mol. The second-order valence-electron chi connectivity index (χ2n) is 3.34. The summed E-state index contributed by atoms with van der Waals surface area (Å²) in [5.74, 6) is 0.